The van der Waals surface area contributed by atoms with Crippen molar-refractivity contribution in [3.8, 4) is 0 Å². The summed E-state index contributed by atoms with van der Waals surface area (Å²) in [5.74, 6) is 1.03. The van der Waals surface area contributed by atoms with Gasteiger partial charge in [0.15, 0.2) is 5.78 Å². The molecule has 0 aliphatic carbocycles. The predicted octanol–water partition coefficient (Wildman–Crippen LogP) is 5.76. The van der Waals surface area contributed by atoms with Crippen LogP contribution in [0.5, 0.6) is 0 Å². The van der Waals surface area contributed by atoms with Crippen molar-refractivity contribution in [1.29, 1.82) is 0 Å². The van der Waals surface area contributed by atoms with E-state index >= 15 is 0 Å². The standard InChI is InChI=1S/C15H11Cl3OS/c16-11-5-6-12(14(18)7-11)15(19)9-20-8-10-3-1-2-4-13(10)17/h1-7H,8-9H2. The minimum Gasteiger partial charge on any atom is -0.293 e. The smallest absolute Gasteiger partial charge is 0.174 e. The number of hydrogen-bond donors (Lipinski definition) is 0. The lowest BCUT2D eigenvalue weighted by Crippen LogP contribution is -2.03. The molecule has 0 radical (unpaired) electrons. The Morgan fingerprint density at radius 2 is 1.75 bits per heavy atom. The van der Waals surface area contributed by atoms with E-state index in [1.165, 1.54) is 11.8 Å². The molecule has 1 nitrogen and oxygen atoms in total. The molecule has 0 atom stereocenters. The van der Waals surface area contributed by atoms with Crippen molar-refractivity contribution in [2.75, 3.05) is 5.75 Å². The summed E-state index contributed by atoms with van der Waals surface area (Å²) in [5, 5.41) is 1.63. The van der Waals surface area contributed by atoms with Crippen LogP contribution in [0.2, 0.25) is 15.1 Å². The highest BCUT2D eigenvalue weighted by atomic mass is 35.5. The van der Waals surface area contributed by atoms with Crippen LogP contribution in [0.4, 0.5) is 0 Å². The van der Waals surface area contributed by atoms with Gasteiger partial charge in [0.1, 0.15) is 0 Å². The van der Waals surface area contributed by atoms with E-state index in [9.17, 15) is 4.79 Å². The third-order valence-electron chi connectivity index (χ3n) is 2.68. The lowest BCUT2D eigenvalue weighted by atomic mass is 10.1. The van der Waals surface area contributed by atoms with Crippen molar-refractivity contribution in [2.24, 2.45) is 0 Å². The van der Waals surface area contributed by atoms with Crippen molar-refractivity contribution in [3.05, 3.63) is 68.7 Å². The van der Waals surface area contributed by atoms with E-state index < -0.39 is 0 Å². The molecule has 0 spiro atoms. The van der Waals surface area contributed by atoms with Gasteiger partial charge in [-0.15, -0.1) is 11.8 Å². The fourth-order valence-corrected chi connectivity index (χ4v) is 3.37. The van der Waals surface area contributed by atoms with Gasteiger partial charge in [0.05, 0.1) is 10.8 Å². The highest BCUT2D eigenvalue weighted by Crippen LogP contribution is 2.24. The number of ketones is 1. The van der Waals surface area contributed by atoms with Gasteiger partial charge in [0.25, 0.3) is 0 Å². The van der Waals surface area contributed by atoms with E-state index in [2.05, 4.69) is 0 Å². The molecule has 20 heavy (non-hydrogen) atoms. The summed E-state index contributed by atoms with van der Waals surface area (Å²) in [6.45, 7) is 0. The molecule has 0 heterocycles. The number of hydrogen-bond acceptors (Lipinski definition) is 2. The summed E-state index contributed by atoms with van der Waals surface area (Å²) in [5.41, 5.74) is 1.52. The summed E-state index contributed by atoms with van der Waals surface area (Å²) in [6, 6.07) is 12.5. The zero-order valence-electron chi connectivity index (χ0n) is 10.4. The Bertz CT molecular complexity index is 628. The van der Waals surface area contributed by atoms with Crippen molar-refractivity contribution in [3.63, 3.8) is 0 Å². The van der Waals surface area contributed by atoms with Crippen molar-refractivity contribution < 1.29 is 4.79 Å². The first kappa shape index (κ1) is 15.7. The molecule has 0 amide bonds. The van der Waals surface area contributed by atoms with E-state index in [-0.39, 0.29) is 5.78 Å². The largest absolute Gasteiger partial charge is 0.293 e. The van der Waals surface area contributed by atoms with Gasteiger partial charge in [0, 0.05) is 21.4 Å². The normalized spacial score (nSPS) is 10.6. The van der Waals surface area contributed by atoms with Gasteiger partial charge in [-0.3, -0.25) is 4.79 Å². The lowest BCUT2D eigenvalue weighted by molar-refractivity contribution is 0.102. The Morgan fingerprint density at radius 1 is 1.00 bits per heavy atom. The maximum atomic E-state index is 12.1. The minimum atomic E-state index is -0.0104. The number of rotatable bonds is 5. The molecule has 2 aromatic rings. The van der Waals surface area contributed by atoms with Crippen LogP contribution in [-0.2, 0) is 5.75 Å². The molecule has 104 valence electrons. The number of Topliss-reactive ketones (excluding diaryl/α,β-unsaturated/α-hetero) is 1. The van der Waals surface area contributed by atoms with Gasteiger partial charge in [-0.05, 0) is 29.8 Å². The second-order valence-electron chi connectivity index (χ2n) is 4.13. The van der Waals surface area contributed by atoms with E-state index in [1.54, 1.807) is 18.2 Å². The highest BCUT2D eigenvalue weighted by molar-refractivity contribution is 7.99. The number of carbonyl (C=O) groups is 1. The Balaban J connectivity index is 1.94. The Hall–Kier alpha value is -0.670. The zero-order valence-corrected chi connectivity index (χ0v) is 13.5. The zero-order chi connectivity index (χ0) is 14.5. The van der Waals surface area contributed by atoms with Crippen LogP contribution in [0.1, 0.15) is 15.9 Å². The van der Waals surface area contributed by atoms with Crippen molar-refractivity contribution in [1.82, 2.24) is 0 Å². The van der Waals surface area contributed by atoms with E-state index in [1.807, 2.05) is 24.3 Å². The van der Waals surface area contributed by atoms with E-state index in [0.717, 1.165) is 10.6 Å². The maximum absolute atomic E-state index is 12.1. The molecular formula is C15H11Cl3OS. The van der Waals surface area contributed by atoms with E-state index in [4.69, 9.17) is 34.8 Å². The Labute approximate surface area is 137 Å². The molecule has 0 aromatic heterocycles. The minimum absolute atomic E-state index is 0.0104. The fraction of sp³-hybridized carbons (Fsp3) is 0.133. The molecule has 0 aliphatic heterocycles. The monoisotopic (exact) mass is 344 g/mol. The molecule has 2 aromatic carbocycles. The van der Waals surface area contributed by atoms with E-state index in [0.29, 0.717) is 27.1 Å². The highest BCUT2D eigenvalue weighted by Gasteiger charge is 2.11. The SMILES string of the molecule is O=C(CSCc1ccccc1Cl)c1ccc(Cl)cc1Cl. The summed E-state index contributed by atoms with van der Waals surface area (Å²) in [4.78, 5) is 12.1. The van der Waals surface area contributed by atoms with Crippen LogP contribution < -0.4 is 0 Å². The number of thioether (sulfide) groups is 1. The van der Waals surface area contributed by atoms with Gasteiger partial charge in [-0.25, -0.2) is 0 Å². The molecule has 0 saturated heterocycles. The van der Waals surface area contributed by atoms with Gasteiger partial charge in [-0.1, -0.05) is 53.0 Å². The molecule has 0 unspecified atom stereocenters. The molecular weight excluding hydrogens is 335 g/mol. The van der Waals surface area contributed by atoms with Crippen LogP contribution in [0, 0.1) is 0 Å². The number of carbonyl (C=O) groups excluding carboxylic acids is 1. The maximum Gasteiger partial charge on any atom is 0.174 e. The van der Waals surface area contributed by atoms with Crippen LogP contribution in [0.15, 0.2) is 42.5 Å². The average Bonchev–Trinajstić information content (AvgIpc) is 2.40. The third-order valence-corrected chi connectivity index (χ3v) is 4.58. The van der Waals surface area contributed by atoms with Gasteiger partial charge in [-0.2, -0.15) is 0 Å². The summed E-state index contributed by atoms with van der Waals surface area (Å²) < 4.78 is 0. The second kappa shape index (κ2) is 7.37. The Kier molecular flexibility index (Phi) is 5.79. The predicted molar refractivity (Wildman–Crippen MR) is 88.4 cm³/mol. The molecule has 0 N–H and O–H groups in total. The third kappa shape index (κ3) is 4.16. The van der Waals surface area contributed by atoms with Crippen LogP contribution in [-0.4, -0.2) is 11.5 Å². The van der Waals surface area contributed by atoms with Crippen molar-refractivity contribution in [2.45, 2.75) is 5.75 Å². The number of halogens is 3. The first-order chi connectivity index (χ1) is 9.58. The number of benzene rings is 2. The van der Waals surface area contributed by atoms with Crippen molar-refractivity contribution >= 4 is 52.3 Å². The van der Waals surface area contributed by atoms with Crippen LogP contribution in [0.25, 0.3) is 0 Å². The summed E-state index contributed by atoms with van der Waals surface area (Å²) >= 11 is 19.4. The molecule has 2 rings (SSSR count). The summed E-state index contributed by atoms with van der Waals surface area (Å²) in [6.07, 6.45) is 0. The Morgan fingerprint density at radius 3 is 2.45 bits per heavy atom. The van der Waals surface area contributed by atoms with Gasteiger partial charge < -0.3 is 0 Å². The molecule has 0 saturated carbocycles. The van der Waals surface area contributed by atoms with Crippen LogP contribution in [0.3, 0.4) is 0 Å². The second-order valence-corrected chi connectivity index (χ2v) is 6.37. The fourth-order valence-electron chi connectivity index (χ4n) is 1.66. The molecule has 0 bridgehead atoms. The topological polar surface area (TPSA) is 17.1 Å². The molecule has 0 aliphatic rings. The molecule has 5 heteroatoms. The van der Waals surface area contributed by atoms with Gasteiger partial charge in [0.2, 0.25) is 0 Å². The average molecular weight is 346 g/mol. The van der Waals surface area contributed by atoms with Gasteiger partial charge >= 0.3 is 0 Å². The summed E-state index contributed by atoms with van der Waals surface area (Å²) in [7, 11) is 0. The first-order valence-corrected chi connectivity index (χ1v) is 8.16. The molecule has 0 fully saturated rings. The quantitative estimate of drug-likeness (QED) is 0.640. The first-order valence-electron chi connectivity index (χ1n) is 5.87. The lowest BCUT2D eigenvalue weighted by Gasteiger charge is -2.05. The van der Waals surface area contributed by atoms with Crippen LogP contribution >= 0.6 is 46.6 Å².